The highest BCUT2D eigenvalue weighted by atomic mass is 32.1. The second-order valence-corrected chi connectivity index (χ2v) is 16.6. The minimum atomic E-state index is 1.07. The van der Waals surface area contributed by atoms with E-state index in [-0.39, 0.29) is 0 Å². The molecule has 0 spiro atoms. The highest BCUT2D eigenvalue weighted by Gasteiger charge is 2.19. The zero-order chi connectivity index (χ0) is 39.8. The van der Waals surface area contributed by atoms with Crippen molar-refractivity contribution in [3.05, 3.63) is 229 Å². The fourth-order valence-corrected chi connectivity index (χ4v) is 10.2. The van der Waals surface area contributed by atoms with Gasteiger partial charge < -0.3 is 4.90 Å². The molecular formula is C58H41NS. The molecule has 9 aromatic carbocycles. The maximum Gasteiger partial charge on any atom is 0.0475 e. The molecule has 0 unspecified atom stereocenters. The van der Waals surface area contributed by atoms with E-state index < -0.39 is 0 Å². The third-order valence-corrected chi connectivity index (χ3v) is 13.0. The van der Waals surface area contributed by atoms with Crippen LogP contribution in [0.5, 0.6) is 0 Å². The molecule has 11 rings (SSSR count). The molecule has 0 amide bonds. The Morgan fingerprint density at radius 2 is 0.950 bits per heavy atom. The number of thiophene rings is 1. The Bertz CT molecular complexity index is 3280. The van der Waals surface area contributed by atoms with E-state index in [1.165, 1.54) is 103 Å². The van der Waals surface area contributed by atoms with Gasteiger partial charge in [-0.2, -0.15) is 0 Å². The van der Waals surface area contributed by atoms with Crippen molar-refractivity contribution >= 4 is 76.6 Å². The van der Waals surface area contributed by atoms with Crippen LogP contribution in [0.2, 0.25) is 0 Å². The molecule has 1 aliphatic carbocycles. The predicted molar refractivity (Wildman–Crippen MR) is 261 cm³/mol. The van der Waals surface area contributed by atoms with Crippen LogP contribution in [-0.4, -0.2) is 0 Å². The molecule has 0 saturated carbocycles. The van der Waals surface area contributed by atoms with Crippen LogP contribution in [0, 0.1) is 0 Å². The molecule has 0 aliphatic heterocycles. The summed E-state index contributed by atoms with van der Waals surface area (Å²) in [7, 11) is 0. The summed E-state index contributed by atoms with van der Waals surface area (Å²) in [5.74, 6) is 0. The number of hydrogen-bond donors (Lipinski definition) is 0. The quantitative estimate of drug-likeness (QED) is 0.110. The summed E-state index contributed by atoms with van der Waals surface area (Å²) in [4.78, 5) is 2.38. The number of rotatable bonds is 8. The molecule has 2 heteroatoms. The van der Waals surface area contributed by atoms with Crippen LogP contribution in [0.1, 0.15) is 24.0 Å². The molecule has 60 heavy (non-hydrogen) atoms. The van der Waals surface area contributed by atoms with Crippen molar-refractivity contribution < 1.29 is 0 Å². The summed E-state index contributed by atoms with van der Waals surface area (Å²) in [6.07, 6.45) is 13.5. The average Bonchev–Trinajstić information content (AvgIpc) is 3.69. The Labute approximate surface area is 355 Å². The van der Waals surface area contributed by atoms with Crippen molar-refractivity contribution in [3.8, 4) is 33.4 Å². The van der Waals surface area contributed by atoms with Crippen molar-refractivity contribution in [2.75, 3.05) is 4.90 Å². The normalized spacial score (nSPS) is 12.8. The first kappa shape index (κ1) is 35.9. The van der Waals surface area contributed by atoms with Crippen LogP contribution in [-0.2, 0) is 0 Å². The number of anilines is 2. The zero-order valence-corrected chi connectivity index (χ0v) is 33.9. The van der Waals surface area contributed by atoms with Gasteiger partial charge in [-0.15, -0.1) is 11.3 Å². The Hall–Kier alpha value is -7.26. The standard InChI is InChI=1S/C58H41NS/c1-5-15-43(16-6-1)57-52-24-14-13-23-49(52)54-38-45(32-35-53(54)58(57)44-17-7-2-8-18-44)42-30-27-40(28-31-42)25-26-41-29-34-50-51-36-33-48(39-56(51)60-55(50)37-41)59(46-19-9-3-10-20-46)47-21-11-4-12-22-47/h1-3,5-11,13-39H,4,12H2/b26-25+. The van der Waals surface area contributed by atoms with Gasteiger partial charge in [0.05, 0.1) is 0 Å². The Balaban J connectivity index is 0.901. The van der Waals surface area contributed by atoms with Crippen molar-refractivity contribution in [1.82, 2.24) is 0 Å². The molecule has 1 aromatic heterocycles. The monoisotopic (exact) mass is 783 g/mol. The Kier molecular flexibility index (Phi) is 9.26. The van der Waals surface area contributed by atoms with Gasteiger partial charge in [-0.1, -0.05) is 182 Å². The number of fused-ring (bicyclic) bond motifs is 6. The summed E-state index contributed by atoms with van der Waals surface area (Å²) >= 11 is 1.87. The van der Waals surface area contributed by atoms with Gasteiger partial charge in [-0.3, -0.25) is 0 Å². The van der Waals surface area contributed by atoms with Gasteiger partial charge in [-0.25, -0.2) is 0 Å². The first-order valence-electron chi connectivity index (χ1n) is 20.8. The molecular weight excluding hydrogens is 743 g/mol. The maximum absolute atomic E-state index is 2.39. The number of benzene rings is 9. The lowest BCUT2D eigenvalue weighted by molar-refractivity contribution is 0.997. The van der Waals surface area contributed by atoms with Gasteiger partial charge in [-0.05, 0) is 121 Å². The van der Waals surface area contributed by atoms with E-state index in [0.717, 1.165) is 12.8 Å². The van der Waals surface area contributed by atoms with E-state index in [9.17, 15) is 0 Å². The minimum Gasteiger partial charge on any atom is -0.311 e. The Morgan fingerprint density at radius 3 is 1.65 bits per heavy atom. The van der Waals surface area contributed by atoms with Crippen LogP contribution >= 0.6 is 11.3 Å². The summed E-state index contributed by atoms with van der Waals surface area (Å²) in [6.45, 7) is 0. The van der Waals surface area contributed by atoms with Gasteiger partial charge >= 0.3 is 0 Å². The van der Waals surface area contributed by atoms with Crippen molar-refractivity contribution in [3.63, 3.8) is 0 Å². The largest absolute Gasteiger partial charge is 0.311 e. The molecule has 0 atom stereocenters. The highest BCUT2D eigenvalue weighted by Crippen LogP contribution is 2.46. The summed E-state index contributed by atoms with van der Waals surface area (Å²) < 4.78 is 2.60. The van der Waals surface area contributed by atoms with E-state index in [2.05, 4.69) is 229 Å². The van der Waals surface area contributed by atoms with Gasteiger partial charge in [0.15, 0.2) is 0 Å². The van der Waals surface area contributed by atoms with E-state index in [0.29, 0.717) is 0 Å². The van der Waals surface area contributed by atoms with Gasteiger partial charge in [0.25, 0.3) is 0 Å². The van der Waals surface area contributed by atoms with E-state index in [1.54, 1.807) is 0 Å². The fraction of sp³-hybridized carbons (Fsp3) is 0.0345. The molecule has 0 fully saturated rings. The second kappa shape index (κ2) is 15.5. The Morgan fingerprint density at radius 1 is 0.383 bits per heavy atom. The van der Waals surface area contributed by atoms with Crippen LogP contribution in [0.4, 0.5) is 11.4 Å². The summed E-state index contributed by atoms with van der Waals surface area (Å²) in [5, 5.41) is 7.69. The molecule has 1 aliphatic rings. The van der Waals surface area contributed by atoms with Crippen LogP contribution in [0.15, 0.2) is 218 Å². The van der Waals surface area contributed by atoms with Crippen molar-refractivity contribution in [2.45, 2.75) is 12.8 Å². The molecule has 1 heterocycles. The van der Waals surface area contributed by atoms with E-state index >= 15 is 0 Å². The lowest BCUT2D eigenvalue weighted by Gasteiger charge is -2.27. The van der Waals surface area contributed by atoms with Crippen LogP contribution < -0.4 is 4.90 Å². The maximum atomic E-state index is 2.39. The third kappa shape index (κ3) is 6.62. The lowest BCUT2D eigenvalue weighted by Crippen LogP contribution is -2.15. The molecule has 0 bridgehead atoms. The number of allylic oxidation sites excluding steroid dienone is 3. The predicted octanol–water partition coefficient (Wildman–Crippen LogP) is 16.9. The number of nitrogens with zero attached hydrogens (tertiary/aromatic N) is 1. The van der Waals surface area contributed by atoms with Crippen molar-refractivity contribution in [1.29, 1.82) is 0 Å². The van der Waals surface area contributed by atoms with E-state index in [4.69, 9.17) is 0 Å². The van der Waals surface area contributed by atoms with Gasteiger partial charge in [0, 0.05) is 37.2 Å². The first-order chi connectivity index (χ1) is 29.7. The molecule has 0 N–H and O–H groups in total. The third-order valence-electron chi connectivity index (χ3n) is 11.8. The molecule has 10 aromatic rings. The lowest BCUT2D eigenvalue weighted by atomic mass is 9.84. The topological polar surface area (TPSA) is 3.24 Å². The van der Waals surface area contributed by atoms with Crippen LogP contribution in [0.3, 0.4) is 0 Å². The highest BCUT2D eigenvalue weighted by molar-refractivity contribution is 7.25. The summed E-state index contributed by atoms with van der Waals surface area (Å²) in [6, 6.07) is 71.0. The van der Waals surface area contributed by atoms with Crippen LogP contribution in [0.25, 0.3) is 87.2 Å². The fourth-order valence-electron chi connectivity index (χ4n) is 8.97. The SMILES string of the molecule is C1=CC(N(c2ccccc2)c2ccc3c(c2)sc2cc(/C=C/c4ccc(-c5ccc6c(-c7ccccc7)c(-c7ccccc7)c7ccccc7c6c5)cc4)ccc23)=CCC1. The molecule has 1 nitrogen and oxygen atoms in total. The van der Waals surface area contributed by atoms with Crippen molar-refractivity contribution in [2.24, 2.45) is 0 Å². The molecule has 284 valence electrons. The average molecular weight is 784 g/mol. The zero-order valence-electron chi connectivity index (χ0n) is 33.1. The smallest absolute Gasteiger partial charge is 0.0475 e. The number of hydrogen-bond acceptors (Lipinski definition) is 2. The second-order valence-electron chi connectivity index (χ2n) is 15.6. The molecule has 0 saturated heterocycles. The van der Waals surface area contributed by atoms with E-state index in [1.807, 2.05) is 11.3 Å². The molecule has 0 radical (unpaired) electrons. The number of para-hydroxylation sites is 1. The van der Waals surface area contributed by atoms with Gasteiger partial charge in [0.1, 0.15) is 0 Å². The van der Waals surface area contributed by atoms with Gasteiger partial charge in [0.2, 0.25) is 0 Å². The minimum absolute atomic E-state index is 1.07. The first-order valence-corrected chi connectivity index (χ1v) is 21.6. The summed E-state index contributed by atoms with van der Waals surface area (Å²) in [5.41, 5.74) is 13.4.